The lowest BCUT2D eigenvalue weighted by Gasteiger charge is -2.01. The zero-order valence-electron chi connectivity index (χ0n) is 16.0. The number of hydrogen-bond acceptors (Lipinski definition) is 4. The van der Waals surface area contributed by atoms with Gasteiger partial charge in [-0.2, -0.15) is 4.98 Å². The number of benzene rings is 2. The zero-order valence-corrected chi connectivity index (χ0v) is 16.0. The van der Waals surface area contributed by atoms with Crippen LogP contribution in [-0.2, 0) is 6.42 Å². The van der Waals surface area contributed by atoms with Gasteiger partial charge in [-0.25, -0.2) is 9.37 Å². The van der Waals surface area contributed by atoms with Gasteiger partial charge >= 0.3 is 0 Å². The van der Waals surface area contributed by atoms with E-state index in [4.69, 9.17) is 4.42 Å². The van der Waals surface area contributed by atoms with Gasteiger partial charge in [0, 0.05) is 23.7 Å². The number of pyridine rings is 1. The maximum absolute atomic E-state index is 14.0. The summed E-state index contributed by atoms with van der Waals surface area (Å²) in [6.07, 6.45) is 5.75. The molecule has 2 heterocycles. The van der Waals surface area contributed by atoms with Crippen molar-refractivity contribution in [3.8, 4) is 11.1 Å². The molecule has 0 N–H and O–H groups in total. The summed E-state index contributed by atoms with van der Waals surface area (Å²) in [5, 5.41) is 0. The van der Waals surface area contributed by atoms with Gasteiger partial charge in [0.05, 0.1) is 0 Å². The molecular weight excluding hydrogens is 367 g/mol. The number of unbranched alkanes of at least 4 members (excludes halogenated alkanes) is 2. The van der Waals surface area contributed by atoms with Crippen molar-refractivity contribution < 1.29 is 13.6 Å². The normalized spacial score (nSPS) is 11.1. The lowest BCUT2D eigenvalue weighted by atomic mass is 10.1. The second-order valence-corrected chi connectivity index (χ2v) is 7.01. The molecule has 0 saturated heterocycles. The summed E-state index contributed by atoms with van der Waals surface area (Å²) in [5.41, 5.74) is 3.08. The van der Waals surface area contributed by atoms with Gasteiger partial charge in [0.1, 0.15) is 5.82 Å². The smallest absolute Gasteiger partial charge is 0.265 e. The van der Waals surface area contributed by atoms with Crippen molar-refractivity contribution in [1.82, 2.24) is 9.97 Å². The maximum Gasteiger partial charge on any atom is 0.265 e. The number of carbonyl (C=O) groups excluding carboxylic acids is 1. The molecule has 0 aliphatic carbocycles. The predicted molar refractivity (Wildman–Crippen MR) is 110 cm³/mol. The molecule has 0 amide bonds. The number of rotatable bonds is 8. The minimum atomic E-state index is -0.333. The first-order chi connectivity index (χ1) is 14.2. The monoisotopic (exact) mass is 388 g/mol. The fourth-order valence-corrected chi connectivity index (χ4v) is 3.32. The third kappa shape index (κ3) is 4.57. The van der Waals surface area contributed by atoms with E-state index >= 15 is 0 Å². The molecule has 0 bridgehead atoms. The standard InChI is InChI=1S/C24H21FN2O2/c25-20-13-8-7-12-19(20)18-15-22-23(26-16-18)27-24(29-22)21(28)14-6-2-5-11-17-9-3-1-4-10-17/h1,3-4,7-10,12-13,15-16H,2,5-6,11,14H2. The zero-order chi connectivity index (χ0) is 20.1. The molecule has 5 heteroatoms. The van der Waals surface area contributed by atoms with Gasteiger partial charge in [0.25, 0.3) is 5.89 Å². The second-order valence-electron chi connectivity index (χ2n) is 7.01. The highest BCUT2D eigenvalue weighted by atomic mass is 19.1. The van der Waals surface area contributed by atoms with Gasteiger partial charge in [0.15, 0.2) is 11.2 Å². The van der Waals surface area contributed by atoms with Crippen molar-refractivity contribution in [3.63, 3.8) is 0 Å². The molecule has 0 spiro atoms. The third-order valence-electron chi connectivity index (χ3n) is 4.88. The number of Topliss-reactive ketones (excluding diaryl/α,β-unsaturated/α-hetero) is 1. The van der Waals surface area contributed by atoms with Crippen molar-refractivity contribution >= 4 is 17.0 Å². The number of nitrogens with zero attached hydrogens (tertiary/aromatic N) is 2. The number of oxazole rings is 1. The largest absolute Gasteiger partial charge is 0.432 e. The number of ketones is 1. The molecule has 0 radical (unpaired) electrons. The minimum Gasteiger partial charge on any atom is -0.432 e. The van der Waals surface area contributed by atoms with Crippen molar-refractivity contribution in [1.29, 1.82) is 0 Å². The van der Waals surface area contributed by atoms with Crippen molar-refractivity contribution in [3.05, 3.63) is 84.1 Å². The number of fused-ring (bicyclic) bond motifs is 1. The molecule has 0 aliphatic rings. The minimum absolute atomic E-state index is 0.0706. The van der Waals surface area contributed by atoms with E-state index in [0.29, 0.717) is 28.8 Å². The SMILES string of the molecule is O=C(CCCCCc1ccccc1)c1nc2ncc(-c3ccccc3F)cc2o1. The van der Waals surface area contributed by atoms with E-state index in [-0.39, 0.29) is 17.5 Å². The summed E-state index contributed by atoms with van der Waals surface area (Å²) in [7, 11) is 0. The second kappa shape index (κ2) is 8.78. The molecule has 0 atom stereocenters. The first-order valence-corrected chi connectivity index (χ1v) is 9.79. The summed E-state index contributed by atoms with van der Waals surface area (Å²) in [6, 6.07) is 18.5. The average Bonchev–Trinajstić information content (AvgIpc) is 3.18. The van der Waals surface area contributed by atoms with Crippen LogP contribution in [0, 0.1) is 5.82 Å². The molecule has 0 aliphatic heterocycles. The third-order valence-corrected chi connectivity index (χ3v) is 4.88. The van der Waals surface area contributed by atoms with E-state index in [1.54, 1.807) is 30.5 Å². The Morgan fingerprint density at radius 1 is 0.966 bits per heavy atom. The van der Waals surface area contributed by atoms with Gasteiger partial charge in [-0.15, -0.1) is 0 Å². The Morgan fingerprint density at radius 2 is 1.76 bits per heavy atom. The molecule has 4 aromatic rings. The van der Waals surface area contributed by atoms with Crippen molar-refractivity contribution in [2.45, 2.75) is 32.1 Å². The lowest BCUT2D eigenvalue weighted by Crippen LogP contribution is -1.99. The Kier molecular flexibility index (Phi) is 5.75. The van der Waals surface area contributed by atoms with Crippen LogP contribution in [0.25, 0.3) is 22.4 Å². The lowest BCUT2D eigenvalue weighted by molar-refractivity contribution is 0.0947. The van der Waals surface area contributed by atoms with Crippen LogP contribution >= 0.6 is 0 Å². The van der Waals surface area contributed by atoms with E-state index in [9.17, 15) is 9.18 Å². The van der Waals surface area contributed by atoms with Gasteiger partial charge in [-0.3, -0.25) is 4.79 Å². The van der Waals surface area contributed by atoms with E-state index < -0.39 is 0 Å². The van der Waals surface area contributed by atoms with Gasteiger partial charge < -0.3 is 4.42 Å². The van der Waals surface area contributed by atoms with Gasteiger partial charge in [-0.05, 0) is 37.0 Å². The molecule has 4 nitrogen and oxygen atoms in total. The Hall–Kier alpha value is -3.34. The quantitative estimate of drug-likeness (QED) is 0.274. The molecule has 2 aromatic heterocycles. The van der Waals surface area contributed by atoms with E-state index in [2.05, 4.69) is 22.1 Å². The average molecular weight is 388 g/mol. The van der Waals surface area contributed by atoms with E-state index in [1.807, 2.05) is 18.2 Å². The Morgan fingerprint density at radius 3 is 2.59 bits per heavy atom. The molecule has 4 rings (SSSR count). The number of aromatic nitrogens is 2. The molecule has 0 fully saturated rings. The molecular formula is C24H21FN2O2. The number of aryl methyl sites for hydroxylation is 1. The summed E-state index contributed by atoms with van der Waals surface area (Å²) in [5.74, 6) is -0.392. The van der Waals surface area contributed by atoms with Crippen LogP contribution in [0.4, 0.5) is 4.39 Å². The summed E-state index contributed by atoms with van der Waals surface area (Å²) in [6.45, 7) is 0. The first-order valence-electron chi connectivity index (χ1n) is 9.79. The Balaban J connectivity index is 1.36. The van der Waals surface area contributed by atoms with E-state index in [1.165, 1.54) is 11.6 Å². The van der Waals surface area contributed by atoms with Crippen LogP contribution in [-0.4, -0.2) is 15.8 Å². The fraction of sp³-hybridized carbons (Fsp3) is 0.208. The summed E-state index contributed by atoms with van der Waals surface area (Å²) >= 11 is 0. The first kappa shape index (κ1) is 19.0. The molecule has 0 unspecified atom stereocenters. The van der Waals surface area contributed by atoms with Crippen molar-refractivity contribution in [2.24, 2.45) is 0 Å². The number of carbonyl (C=O) groups is 1. The van der Waals surface area contributed by atoms with Crippen LogP contribution in [0.15, 0.2) is 71.3 Å². The Bertz CT molecular complexity index is 1120. The maximum atomic E-state index is 14.0. The summed E-state index contributed by atoms with van der Waals surface area (Å²) < 4.78 is 19.6. The highest BCUT2D eigenvalue weighted by molar-refractivity contribution is 5.93. The predicted octanol–water partition coefficient (Wildman–Crippen LogP) is 6.01. The summed E-state index contributed by atoms with van der Waals surface area (Å²) in [4.78, 5) is 20.8. The molecule has 146 valence electrons. The highest BCUT2D eigenvalue weighted by Crippen LogP contribution is 2.25. The van der Waals surface area contributed by atoms with Crippen LogP contribution in [0.5, 0.6) is 0 Å². The molecule has 0 saturated carbocycles. The van der Waals surface area contributed by atoms with Crippen LogP contribution in [0.3, 0.4) is 0 Å². The highest BCUT2D eigenvalue weighted by Gasteiger charge is 2.16. The van der Waals surface area contributed by atoms with Crippen LogP contribution in [0.1, 0.15) is 41.9 Å². The fourth-order valence-electron chi connectivity index (χ4n) is 3.32. The van der Waals surface area contributed by atoms with Crippen LogP contribution < -0.4 is 0 Å². The van der Waals surface area contributed by atoms with Gasteiger partial charge in [-0.1, -0.05) is 55.0 Å². The van der Waals surface area contributed by atoms with Gasteiger partial charge in [0.2, 0.25) is 5.78 Å². The number of halogens is 1. The van der Waals surface area contributed by atoms with Crippen molar-refractivity contribution in [2.75, 3.05) is 0 Å². The Labute approximate surface area is 168 Å². The molecule has 2 aromatic carbocycles. The van der Waals surface area contributed by atoms with E-state index in [0.717, 1.165) is 25.7 Å². The topological polar surface area (TPSA) is 56.0 Å². The number of hydrogen-bond donors (Lipinski definition) is 0. The molecule has 29 heavy (non-hydrogen) atoms. The van der Waals surface area contributed by atoms with Crippen LogP contribution in [0.2, 0.25) is 0 Å².